The first-order chi connectivity index (χ1) is 8.95. The van der Waals surface area contributed by atoms with E-state index in [1.54, 1.807) is 0 Å². The molecule has 1 heterocycles. The van der Waals surface area contributed by atoms with Gasteiger partial charge in [0, 0.05) is 34.6 Å². The highest BCUT2D eigenvalue weighted by molar-refractivity contribution is 9.10. The third-order valence-corrected chi connectivity index (χ3v) is 4.89. The number of amides is 1. The number of nitrogens with two attached hydrogens (primary N) is 1. The average molecular weight is 344 g/mol. The van der Waals surface area contributed by atoms with Crippen molar-refractivity contribution < 1.29 is 4.79 Å². The molecular formula is C13H18BrN3OS. The monoisotopic (exact) mass is 343 g/mol. The van der Waals surface area contributed by atoms with Gasteiger partial charge in [0.05, 0.1) is 5.69 Å². The number of benzene rings is 1. The van der Waals surface area contributed by atoms with Gasteiger partial charge < -0.3 is 16.0 Å². The van der Waals surface area contributed by atoms with Crippen LogP contribution in [0.1, 0.15) is 18.5 Å². The fraction of sp³-hybridized carbons (Fsp3) is 0.462. The lowest BCUT2D eigenvalue weighted by atomic mass is 10.1. The highest BCUT2D eigenvalue weighted by Crippen LogP contribution is 2.38. The summed E-state index contributed by atoms with van der Waals surface area (Å²) in [5.74, 6) is 0.908. The minimum atomic E-state index is -0.561. The molecular weight excluding hydrogens is 326 g/mol. The van der Waals surface area contributed by atoms with E-state index >= 15 is 0 Å². The molecule has 0 saturated carbocycles. The molecule has 1 aliphatic heterocycles. The summed E-state index contributed by atoms with van der Waals surface area (Å²) in [5, 5.41) is 2.82. The fourth-order valence-corrected chi connectivity index (χ4v) is 3.50. The molecule has 0 radical (unpaired) electrons. The fourth-order valence-electron chi connectivity index (χ4n) is 2.16. The van der Waals surface area contributed by atoms with E-state index in [1.807, 2.05) is 23.9 Å². The summed E-state index contributed by atoms with van der Waals surface area (Å²) in [6.45, 7) is 2.18. The molecule has 2 atom stereocenters. The third-order valence-electron chi connectivity index (χ3n) is 3.44. The van der Waals surface area contributed by atoms with E-state index in [-0.39, 0.29) is 5.91 Å². The van der Waals surface area contributed by atoms with E-state index < -0.39 is 6.04 Å². The van der Waals surface area contributed by atoms with E-state index in [1.165, 1.54) is 0 Å². The number of carbonyl (C=O) groups is 1. The SMILES string of the molecule is CSCC(C)N(C)c1cc2c(cc1Br)C(N)C(=O)N2. The van der Waals surface area contributed by atoms with E-state index in [9.17, 15) is 4.79 Å². The molecule has 0 aromatic heterocycles. The smallest absolute Gasteiger partial charge is 0.245 e. The Balaban J connectivity index is 2.34. The molecule has 104 valence electrons. The predicted octanol–water partition coefficient (Wildman–Crippen LogP) is 2.59. The van der Waals surface area contributed by atoms with Crippen molar-refractivity contribution in [1.82, 2.24) is 0 Å². The van der Waals surface area contributed by atoms with Gasteiger partial charge in [-0.2, -0.15) is 11.8 Å². The first kappa shape index (κ1) is 14.7. The molecule has 4 nitrogen and oxygen atoms in total. The average Bonchev–Trinajstić information content (AvgIpc) is 2.64. The first-order valence-electron chi connectivity index (χ1n) is 6.07. The van der Waals surface area contributed by atoms with Gasteiger partial charge >= 0.3 is 0 Å². The Labute approximate surface area is 126 Å². The summed E-state index contributed by atoms with van der Waals surface area (Å²) in [6, 6.07) is 3.78. The molecule has 0 aliphatic carbocycles. The van der Waals surface area contributed by atoms with Crippen molar-refractivity contribution in [2.24, 2.45) is 5.73 Å². The van der Waals surface area contributed by atoms with Crippen LogP contribution in [-0.2, 0) is 4.79 Å². The topological polar surface area (TPSA) is 58.4 Å². The molecule has 0 fully saturated rings. The number of hydrogen-bond donors (Lipinski definition) is 2. The van der Waals surface area contributed by atoms with Crippen molar-refractivity contribution in [2.75, 3.05) is 29.3 Å². The van der Waals surface area contributed by atoms with Gasteiger partial charge in [-0.3, -0.25) is 4.79 Å². The minimum absolute atomic E-state index is 0.140. The number of thioether (sulfide) groups is 1. The van der Waals surface area contributed by atoms with Gasteiger partial charge in [0.2, 0.25) is 5.91 Å². The van der Waals surface area contributed by atoms with Crippen LogP contribution in [0.3, 0.4) is 0 Å². The van der Waals surface area contributed by atoms with Crippen LogP contribution in [0.4, 0.5) is 11.4 Å². The Hall–Kier alpha value is -0.720. The molecule has 6 heteroatoms. The second-order valence-corrected chi connectivity index (χ2v) is 6.54. The first-order valence-corrected chi connectivity index (χ1v) is 8.26. The zero-order chi connectivity index (χ0) is 14.2. The lowest BCUT2D eigenvalue weighted by Crippen LogP contribution is -2.31. The zero-order valence-corrected chi connectivity index (χ0v) is 13.6. The Morgan fingerprint density at radius 2 is 2.26 bits per heavy atom. The van der Waals surface area contributed by atoms with Crippen molar-refractivity contribution >= 4 is 45.0 Å². The van der Waals surface area contributed by atoms with Crippen LogP contribution in [0.2, 0.25) is 0 Å². The molecule has 1 aliphatic rings. The van der Waals surface area contributed by atoms with E-state index in [0.29, 0.717) is 6.04 Å². The minimum Gasteiger partial charge on any atom is -0.370 e. The van der Waals surface area contributed by atoms with Gasteiger partial charge in [-0.05, 0) is 41.2 Å². The van der Waals surface area contributed by atoms with Crippen molar-refractivity contribution in [1.29, 1.82) is 0 Å². The van der Waals surface area contributed by atoms with Crippen LogP contribution in [0.5, 0.6) is 0 Å². The molecule has 0 saturated heterocycles. The highest BCUT2D eigenvalue weighted by Gasteiger charge is 2.29. The predicted molar refractivity (Wildman–Crippen MR) is 85.9 cm³/mol. The molecule has 19 heavy (non-hydrogen) atoms. The maximum Gasteiger partial charge on any atom is 0.245 e. The number of rotatable bonds is 4. The summed E-state index contributed by atoms with van der Waals surface area (Å²) < 4.78 is 0.966. The molecule has 2 rings (SSSR count). The van der Waals surface area contributed by atoms with E-state index in [4.69, 9.17) is 5.73 Å². The summed E-state index contributed by atoms with van der Waals surface area (Å²) in [7, 11) is 2.06. The number of fused-ring (bicyclic) bond motifs is 1. The molecule has 2 unspecified atom stereocenters. The lowest BCUT2D eigenvalue weighted by Gasteiger charge is -2.28. The second kappa shape index (κ2) is 5.73. The Morgan fingerprint density at radius 3 is 2.89 bits per heavy atom. The van der Waals surface area contributed by atoms with E-state index in [0.717, 1.165) is 27.2 Å². The molecule has 3 N–H and O–H groups in total. The zero-order valence-electron chi connectivity index (χ0n) is 11.2. The maximum absolute atomic E-state index is 11.6. The van der Waals surface area contributed by atoms with Crippen molar-refractivity contribution in [3.8, 4) is 0 Å². The molecule has 1 aromatic rings. The molecule has 1 amide bonds. The van der Waals surface area contributed by atoms with Gasteiger partial charge in [-0.1, -0.05) is 0 Å². The summed E-state index contributed by atoms with van der Waals surface area (Å²) in [4.78, 5) is 13.8. The third kappa shape index (κ3) is 2.75. The van der Waals surface area contributed by atoms with Gasteiger partial charge in [0.25, 0.3) is 0 Å². The number of halogens is 1. The standard InChI is InChI=1S/C13H18BrN3OS/c1-7(6-19-3)17(2)11-5-10-8(4-9(11)14)12(15)13(18)16-10/h4-5,7,12H,6,15H2,1-3H3,(H,16,18). The van der Waals surface area contributed by atoms with Crippen LogP contribution in [0.15, 0.2) is 16.6 Å². The van der Waals surface area contributed by atoms with Crippen molar-refractivity contribution in [3.05, 3.63) is 22.2 Å². The number of anilines is 2. The Morgan fingerprint density at radius 1 is 1.58 bits per heavy atom. The Bertz CT molecular complexity index is 509. The van der Waals surface area contributed by atoms with Gasteiger partial charge in [0.1, 0.15) is 6.04 Å². The van der Waals surface area contributed by atoms with Crippen LogP contribution in [-0.4, -0.2) is 31.0 Å². The van der Waals surface area contributed by atoms with Gasteiger partial charge in [-0.25, -0.2) is 0 Å². The van der Waals surface area contributed by atoms with Crippen molar-refractivity contribution in [3.63, 3.8) is 0 Å². The quantitative estimate of drug-likeness (QED) is 0.882. The molecule has 0 bridgehead atoms. The highest BCUT2D eigenvalue weighted by atomic mass is 79.9. The normalized spacial score (nSPS) is 19.0. The summed E-state index contributed by atoms with van der Waals surface area (Å²) in [6.07, 6.45) is 2.10. The van der Waals surface area contributed by atoms with Crippen LogP contribution < -0.4 is 16.0 Å². The number of nitrogens with one attached hydrogen (secondary N) is 1. The lowest BCUT2D eigenvalue weighted by molar-refractivity contribution is -0.116. The largest absolute Gasteiger partial charge is 0.370 e. The second-order valence-electron chi connectivity index (χ2n) is 4.77. The van der Waals surface area contributed by atoms with Crippen LogP contribution >= 0.6 is 27.7 Å². The molecule has 1 aromatic carbocycles. The van der Waals surface area contributed by atoms with Crippen molar-refractivity contribution in [2.45, 2.75) is 19.0 Å². The van der Waals surface area contributed by atoms with Crippen LogP contribution in [0.25, 0.3) is 0 Å². The summed E-state index contributed by atoms with van der Waals surface area (Å²) >= 11 is 5.39. The summed E-state index contributed by atoms with van der Waals surface area (Å²) in [5.41, 5.74) is 8.58. The number of nitrogens with zero attached hydrogens (tertiary/aromatic N) is 1. The maximum atomic E-state index is 11.6. The number of hydrogen-bond acceptors (Lipinski definition) is 4. The van der Waals surface area contributed by atoms with Crippen LogP contribution in [0, 0.1) is 0 Å². The van der Waals surface area contributed by atoms with E-state index in [2.05, 4.69) is 46.4 Å². The molecule has 0 spiro atoms. The Kier molecular flexibility index (Phi) is 4.43. The van der Waals surface area contributed by atoms with Gasteiger partial charge in [-0.15, -0.1) is 0 Å². The van der Waals surface area contributed by atoms with Gasteiger partial charge in [0.15, 0.2) is 0 Å². The number of carbonyl (C=O) groups excluding carboxylic acids is 1.